The fourth-order valence-corrected chi connectivity index (χ4v) is 7.24. The highest BCUT2D eigenvalue weighted by Gasteiger charge is 2.40. The van der Waals surface area contributed by atoms with Gasteiger partial charge in [-0.1, -0.05) is 124 Å². The zero-order valence-corrected chi connectivity index (χ0v) is 21.2. The van der Waals surface area contributed by atoms with Crippen LogP contribution >= 0.6 is 0 Å². The van der Waals surface area contributed by atoms with E-state index in [9.17, 15) is 5.11 Å². The molecule has 30 heavy (non-hydrogen) atoms. The average molecular weight is 421 g/mol. The molecule has 6 atom stereocenters. The monoisotopic (exact) mass is 420 g/mol. The Hall–Kier alpha value is -0.0400. The lowest BCUT2D eigenvalue weighted by Gasteiger charge is -2.45. The van der Waals surface area contributed by atoms with Crippen molar-refractivity contribution in [2.45, 2.75) is 149 Å². The first-order chi connectivity index (χ1) is 14.6. The van der Waals surface area contributed by atoms with Gasteiger partial charge in [-0.05, 0) is 54.8 Å². The normalized spacial score (nSPS) is 33.3. The molecule has 0 spiro atoms. The molecule has 0 aromatic carbocycles. The van der Waals surface area contributed by atoms with Crippen molar-refractivity contribution in [1.29, 1.82) is 0 Å². The van der Waals surface area contributed by atoms with Gasteiger partial charge in [0.2, 0.25) is 0 Å². The van der Waals surface area contributed by atoms with E-state index in [0.29, 0.717) is 5.92 Å². The second-order valence-corrected chi connectivity index (χ2v) is 11.5. The third kappa shape index (κ3) is 8.48. The topological polar surface area (TPSA) is 20.2 Å². The Morgan fingerprint density at radius 3 is 2.07 bits per heavy atom. The Labute approximate surface area is 190 Å². The summed E-state index contributed by atoms with van der Waals surface area (Å²) < 4.78 is 0. The maximum absolute atomic E-state index is 11.3. The molecule has 1 N–H and O–H groups in total. The summed E-state index contributed by atoms with van der Waals surface area (Å²) in [6.45, 7) is 9.75. The zero-order chi connectivity index (χ0) is 21.8. The molecule has 0 saturated heterocycles. The van der Waals surface area contributed by atoms with Gasteiger partial charge in [0.25, 0.3) is 0 Å². The van der Waals surface area contributed by atoms with Crippen LogP contribution in [0.1, 0.15) is 143 Å². The van der Waals surface area contributed by atoms with Gasteiger partial charge < -0.3 is 5.11 Å². The molecule has 0 radical (unpaired) electrons. The van der Waals surface area contributed by atoms with Crippen molar-refractivity contribution in [2.75, 3.05) is 0 Å². The quantitative estimate of drug-likeness (QED) is 0.349. The maximum Gasteiger partial charge on any atom is 0.0571 e. The molecule has 1 heteroatoms. The minimum Gasteiger partial charge on any atom is -0.393 e. The van der Waals surface area contributed by atoms with Crippen molar-refractivity contribution in [1.82, 2.24) is 0 Å². The molecule has 0 aromatic rings. The van der Waals surface area contributed by atoms with Crippen molar-refractivity contribution in [3.63, 3.8) is 0 Å². The van der Waals surface area contributed by atoms with E-state index in [-0.39, 0.29) is 6.10 Å². The first-order valence-corrected chi connectivity index (χ1v) is 14.3. The molecule has 2 saturated carbocycles. The van der Waals surface area contributed by atoms with Crippen LogP contribution in [0.15, 0.2) is 0 Å². The van der Waals surface area contributed by atoms with E-state index in [1.807, 2.05) is 0 Å². The number of rotatable bonds is 10. The highest BCUT2D eigenvalue weighted by atomic mass is 16.3. The van der Waals surface area contributed by atoms with Crippen LogP contribution in [0.5, 0.6) is 0 Å². The van der Waals surface area contributed by atoms with Crippen molar-refractivity contribution >= 4 is 0 Å². The molecule has 2 rings (SSSR count). The van der Waals surface area contributed by atoms with E-state index >= 15 is 0 Å². The van der Waals surface area contributed by atoms with Gasteiger partial charge >= 0.3 is 0 Å². The summed E-state index contributed by atoms with van der Waals surface area (Å²) in [6, 6.07) is 0. The molecule has 2 aliphatic carbocycles. The van der Waals surface area contributed by atoms with Gasteiger partial charge in [-0.25, -0.2) is 0 Å². The van der Waals surface area contributed by atoms with Gasteiger partial charge in [-0.2, -0.15) is 0 Å². The lowest BCUT2D eigenvalue weighted by Crippen LogP contribution is -2.40. The lowest BCUT2D eigenvalue weighted by atomic mass is 9.61. The molecule has 178 valence electrons. The smallest absolute Gasteiger partial charge is 0.0571 e. The summed E-state index contributed by atoms with van der Waals surface area (Å²) in [4.78, 5) is 0. The summed E-state index contributed by atoms with van der Waals surface area (Å²) in [5, 5.41) is 11.3. The third-order valence-corrected chi connectivity index (χ3v) is 8.96. The summed E-state index contributed by atoms with van der Waals surface area (Å²) in [5.74, 6) is 4.79. The molecule has 0 amide bonds. The maximum atomic E-state index is 11.3. The molecule has 2 fully saturated rings. The van der Waals surface area contributed by atoms with Gasteiger partial charge in [0.05, 0.1) is 6.10 Å². The molecule has 2 aliphatic rings. The first-order valence-electron chi connectivity index (χ1n) is 14.3. The predicted octanol–water partition coefficient (Wildman–Crippen LogP) is 9.17. The summed E-state index contributed by atoms with van der Waals surface area (Å²) >= 11 is 0. The van der Waals surface area contributed by atoms with Crippen LogP contribution in [-0.2, 0) is 0 Å². The van der Waals surface area contributed by atoms with Crippen LogP contribution < -0.4 is 0 Å². The largest absolute Gasteiger partial charge is 0.393 e. The van der Waals surface area contributed by atoms with Crippen LogP contribution in [0.4, 0.5) is 0 Å². The van der Waals surface area contributed by atoms with Gasteiger partial charge in [0, 0.05) is 0 Å². The van der Waals surface area contributed by atoms with Crippen molar-refractivity contribution in [2.24, 2.45) is 35.5 Å². The molecule has 0 aliphatic heterocycles. The SMILES string of the molecule is CCCCCC(C)CCC1[C@@H](CCC)C(O)CCCCCC(C)[C@H]1C1CCCCC1. The fourth-order valence-electron chi connectivity index (χ4n) is 7.24. The summed E-state index contributed by atoms with van der Waals surface area (Å²) in [5.41, 5.74) is 0. The van der Waals surface area contributed by atoms with E-state index in [1.54, 1.807) is 0 Å². The van der Waals surface area contributed by atoms with Crippen molar-refractivity contribution in [3.8, 4) is 0 Å². The number of aliphatic hydroxyl groups excluding tert-OH is 1. The standard InChI is InChI=1S/C29H56O/c1-5-7-10-16-23(3)21-22-27-26(15-6-2)28(30)20-14-8-11-17-24(4)29(27)25-18-12-9-13-19-25/h23-30H,5-22H2,1-4H3/t23?,24?,26-,27?,28?,29+/m1/s1. The van der Waals surface area contributed by atoms with Gasteiger partial charge in [-0.3, -0.25) is 0 Å². The van der Waals surface area contributed by atoms with E-state index < -0.39 is 0 Å². The van der Waals surface area contributed by atoms with Crippen LogP contribution in [0.3, 0.4) is 0 Å². The second-order valence-electron chi connectivity index (χ2n) is 11.5. The van der Waals surface area contributed by atoms with E-state index in [0.717, 1.165) is 36.0 Å². The van der Waals surface area contributed by atoms with Crippen LogP contribution in [0, 0.1) is 35.5 Å². The number of aliphatic hydroxyl groups is 1. The van der Waals surface area contributed by atoms with Crippen molar-refractivity contribution < 1.29 is 5.11 Å². The van der Waals surface area contributed by atoms with Crippen LogP contribution in [0.2, 0.25) is 0 Å². The number of unbranched alkanes of at least 4 members (excludes halogenated alkanes) is 2. The fraction of sp³-hybridized carbons (Fsp3) is 1.00. The summed E-state index contributed by atoms with van der Waals surface area (Å²) in [6.07, 6.45) is 24.5. The highest BCUT2D eigenvalue weighted by Crippen LogP contribution is 2.47. The molecular weight excluding hydrogens is 364 g/mol. The highest BCUT2D eigenvalue weighted by molar-refractivity contribution is 4.90. The first kappa shape index (κ1) is 26.2. The Balaban J connectivity index is 2.21. The molecule has 0 aromatic heterocycles. The zero-order valence-electron chi connectivity index (χ0n) is 21.2. The lowest BCUT2D eigenvalue weighted by molar-refractivity contribution is -0.0102. The Kier molecular flexibility index (Phi) is 13.0. The van der Waals surface area contributed by atoms with E-state index in [2.05, 4.69) is 27.7 Å². The third-order valence-electron chi connectivity index (χ3n) is 8.96. The predicted molar refractivity (Wildman–Crippen MR) is 133 cm³/mol. The van der Waals surface area contributed by atoms with Crippen LogP contribution in [0.25, 0.3) is 0 Å². The van der Waals surface area contributed by atoms with Crippen molar-refractivity contribution in [3.05, 3.63) is 0 Å². The molecule has 1 nitrogen and oxygen atoms in total. The molecule has 0 bridgehead atoms. The second kappa shape index (κ2) is 14.9. The number of hydrogen-bond donors (Lipinski definition) is 1. The Bertz CT molecular complexity index is 413. The van der Waals surface area contributed by atoms with E-state index in [4.69, 9.17) is 0 Å². The summed E-state index contributed by atoms with van der Waals surface area (Å²) in [7, 11) is 0. The Morgan fingerprint density at radius 2 is 1.40 bits per heavy atom. The van der Waals surface area contributed by atoms with E-state index in [1.165, 1.54) is 109 Å². The van der Waals surface area contributed by atoms with Crippen LogP contribution in [-0.4, -0.2) is 11.2 Å². The molecule has 4 unspecified atom stereocenters. The molecular formula is C29H56O. The van der Waals surface area contributed by atoms with Gasteiger partial charge in [0.1, 0.15) is 0 Å². The minimum absolute atomic E-state index is 0.0539. The Morgan fingerprint density at radius 1 is 0.733 bits per heavy atom. The van der Waals surface area contributed by atoms with Gasteiger partial charge in [-0.15, -0.1) is 0 Å². The average Bonchev–Trinajstić information content (AvgIpc) is 2.75. The minimum atomic E-state index is -0.0539. The molecule has 0 heterocycles. The van der Waals surface area contributed by atoms with Gasteiger partial charge in [0.15, 0.2) is 0 Å². The number of hydrogen-bond acceptors (Lipinski definition) is 1.